The molecule has 0 bridgehead atoms. The Hall–Kier alpha value is -0.890. The number of nitrogens with one attached hydrogen (secondary N) is 1. The lowest BCUT2D eigenvalue weighted by Crippen LogP contribution is -2.34. The van der Waals surface area contributed by atoms with Gasteiger partial charge in [-0.15, -0.1) is 0 Å². The van der Waals surface area contributed by atoms with Crippen molar-refractivity contribution in [3.8, 4) is 0 Å². The lowest BCUT2D eigenvalue weighted by Gasteiger charge is -2.26. The van der Waals surface area contributed by atoms with Gasteiger partial charge >= 0.3 is 0 Å². The number of hydrogen-bond acceptors (Lipinski definition) is 5. The molecule has 0 spiro atoms. The highest BCUT2D eigenvalue weighted by Gasteiger charge is 2.27. The maximum absolute atomic E-state index is 12.4. The van der Waals surface area contributed by atoms with Crippen LogP contribution in [-0.4, -0.2) is 46.6 Å². The van der Waals surface area contributed by atoms with Crippen LogP contribution in [0.1, 0.15) is 18.6 Å². The van der Waals surface area contributed by atoms with Gasteiger partial charge in [-0.05, 0) is 37.9 Å². The van der Waals surface area contributed by atoms with Crippen LogP contribution in [0.25, 0.3) is 0 Å². The molecule has 0 aliphatic carbocycles. The van der Waals surface area contributed by atoms with Crippen LogP contribution in [0.2, 0.25) is 0 Å². The van der Waals surface area contributed by atoms with E-state index in [1.165, 1.54) is 10.4 Å². The number of sulfonamides is 1. The van der Waals surface area contributed by atoms with Gasteiger partial charge in [0.1, 0.15) is 5.76 Å². The van der Waals surface area contributed by atoms with Crippen molar-refractivity contribution >= 4 is 10.0 Å². The molecule has 0 aromatic carbocycles. The molecule has 6 nitrogen and oxygen atoms in total. The van der Waals surface area contributed by atoms with E-state index in [0.717, 1.165) is 12.8 Å². The number of nitrogens with zero attached hydrogens (tertiary/aromatic N) is 1. The summed E-state index contributed by atoms with van der Waals surface area (Å²) in [5.41, 5.74) is 0. The fourth-order valence-corrected chi connectivity index (χ4v) is 3.48. The van der Waals surface area contributed by atoms with E-state index in [9.17, 15) is 8.42 Å². The van der Waals surface area contributed by atoms with Crippen molar-refractivity contribution < 1.29 is 17.6 Å². The molecule has 114 valence electrons. The second-order valence-corrected chi connectivity index (χ2v) is 7.07. The third kappa shape index (κ3) is 3.60. The number of furan rings is 1. The number of ether oxygens (including phenoxy) is 1. The second kappa shape index (κ2) is 6.71. The molecule has 1 aromatic rings. The minimum atomic E-state index is -3.54. The number of hydrogen-bond donors (Lipinski definition) is 1. The molecule has 20 heavy (non-hydrogen) atoms. The molecule has 1 aliphatic rings. The normalized spacial score (nSPS) is 17.8. The van der Waals surface area contributed by atoms with Gasteiger partial charge in [0, 0.05) is 26.8 Å². The van der Waals surface area contributed by atoms with E-state index in [1.54, 1.807) is 20.2 Å². The molecular formula is C13H22N2O4S. The Labute approximate surface area is 120 Å². The van der Waals surface area contributed by atoms with Crippen LogP contribution < -0.4 is 5.32 Å². The van der Waals surface area contributed by atoms with Gasteiger partial charge in [0.25, 0.3) is 10.0 Å². The zero-order valence-electron chi connectivity index (χ0n) is 12.0. The van der Waals surface area contributed by atoms with E-state index < -0.39 is 10.0 Å². The Balaban J connectivity index is 2.03. The van der Waals surface area contributed by atoms with Gasteiger partial charge in [0.2, 0.25) is 5.09 Å². The third-order valence-corrected chi connectivity index (χ3v) is 5.21. The topological polar surface area (TPSA) is 71.8 Å². The minimum Gasteiger partial charge on any atom is -0.447 e. The Morgan fingerprint density at radius 2 is 2.05 bits per heavy atom. The van der Waals surface area contributed by atoms with Crippen molar-refractivity contribution in [3.05, 3.63) is 17.9 Å². The average Bonchev–Trinajstić information content (AvgIpc) is 2.89. The summed E-state index contributed by atoms with van der Waals surface area (Å²) in [5, 5.41) is 2.94. The largest absolute Gasteiger partial charge is 0.447 e. The molecule has 0 saturated carbocycles. The Bertz CT molecular complexity index is 520. The summed E-state index contributed by atoms with van der Waals surface area (Å²) in [6.07, 6.45) is 1.81. The molecule has 2 heterocycles. The first kappa shape index (κ1) is 15.5. The zero-order valence-corrected chi connectivity index (χ0v) is 12.8. The maximum Gasteiger partial charge on any atom is 0.276 e. The summed E-state index contributed by atoms with van der Waals surface area (Å²) in [7, 11) is -0.150. The highest BCUT2D eigenvalue weighted by Crippen LogP contribution is 2.22. The first-order valence-corrected chi connectivity index (χ1v) is 8.25. The summed E-state index contributed by atoms with van der Waals surface area (Å²) < 4.78 is 36.9. The molecule has 1 N–H and O–H groups in total. The van der Waals surface area contributed by atoms with Gasteiger partial charge in [-0.3, -0.25) is 0 Å². The smallest absolute Gasteiger partial charge is 0.276 e. The highest BCUT2D eigenvalue weighted by atomic mass is 32.2. The van der Waals surface area contributed by atoms with E-state index in [0.29, 0.717) is 38.0 Å². The Kier molecular flexibility index (Phi) is 5.20. The van der Waals surface area contributed by atoms with Crippen LogP contribution in [0.15, 0.2) is 21.6 Å². The van der Waals surface area contributed by atoms with Gasteiger partial charge < -0.3 is 14.5 Å². The predicted molar refractivity (Wildman–Crippen MR) is 74.8 cm³/mol. The SMILES string of the molecule is CNCc1ccc(S(=O)(=O)N(C)CC2CCOCC2)o1. The summed E-state index contributed by atoms with van der Waals surface area (Å²) in [6.45, 7) is 2.45. The van der Waals surface area contributed by atoms with Crippen LogP contribution in [-0.2, 0) is 21.3 Å². The first-order valence-electron chi connectivity index (χ1n) is 6.81. The average molecular weight is 302 g/mol. The van der Waals surface area contributed by atoms with E-state index >= 15 is 0 Å². The van der Waals surface area contributed by atoms with E-state index in [4.69, 9.17) is 9.15 Å². The quantitative estimate of drug-likeness (QED) is 0.850. The minimum absolute atomic E-state index is 0.0114. The molecule has 1 saturated heterocycles. The van der Waals surface area contributed by atoms with E-state index in [2.05, 4.69) is 5.32 Å². The highest BCUT2D eigenvalue weighted by molar-refractivity contribution is 7.89. The van der Waals surface area contributed by atoms with Crippen LogP contribution >= 0.6 is 0 Å². The molecule has 0 radical (unpaired) electrons. The lowest BCUT2D eigenvalue weighted by atomic mass is 10.0. The van der Waals surface area contributed by atoms with E-state index in [1.807, 2.05) is 0 Å². The predicted octanol–water partition coefficient (Wildman–Crippen LogP) is 1.05. The summed E-state index contributed by atoms with van der Waals surface area (Å²) in [5.74, 6) is 0.973. The van der Waals surface area contributed by atoms with E-state index in [-0.39, 0.29) is 5.09 Å². The van der Waals surface area contributed by atoms with Crippen LogP contribution in [0.3, 0.4) is 0 Å². The van der Waals surface area contributed by atoms with Crippen molar-refractivity contribution in [2.45, 2.75) is 24.5 Å². The first-order chi connectivity index (χ1) is 9.54. The molecule has 1 aromatic heterocycles. The van der Waals surface area contributed by atoms with Gasteiger partial charge in [-0.2, -0.15) is 4.31 Å². The van der Waals surface area contributed by atoms with Crippen molar-refractivity contribution in [1.29, 1.82) is 0 Å². The summed E-state index contributed by atoms with van der Waals surface area (Å²) >= 11 is 0. The van der Waals surface area contributed by atoms with Crippen molar-refractivity contribution in [2.75, 3.05) is 33.9 Å². The molecule has 0 atom stereocenters. The van der Waals surface area contributed by atoms with Crippen LogP contribution in [0.5, 0.6) is 0 Å². The summed E-state index contributed by atoms with van der Waals surface area (Å²) in [6, 6.07) is 3.20. The Morgan fingerprint density at radius 1 is 1.35 bits per heavy atom. The van der Waals surface area contributed by atoms with Crippen molar-refractivity contribution in [2.24, 2.45) is 5.92 Å². The molecular weight excluding hydrogens is 280 g/mol. The molecule has 1 fully saturated rings. The molecule has 0 unspecified atom stereocenters. The van der Waals surface area contributed by atoms with Crippen molar-refractivity contribution in [3.63, 3.8) is 0 Å². The molecule has 0 amide bonds. The number of rotatable bonds is 6. The van der Waals surface area contributed by atoms with Crippen LogP contribution in [0.4, 0.5) is 0 Å². The Morgan fingerprint density at radius 3 is 2.70 bits per heavy atom. The second-order valence-electron chi connectivity index (χ2n) is 5.09. The summed E-state index contributed by atoms with van der Waals surface area (Å²) in [4.78, 5) is 0. The van der Waals surface area contributed by atoms with Gasteiger partial charge in [0.05, 0.1) is 6.54 Å². The molecule has 1 aliphatic heterocycles. The van der Waals surface area contributed by atoms with Crippen molar-refractivity contribution in [1.82, 2.24) is 9.62 Å². The molecule has 7 heteroatoms. The molecule has 2 rings (SSSR count). The third-order valence-electron chi connectivity index (χ3n) is 3.51. The lowest BCUT2D eigenvalue weighted by molar-refractivity contribution is 0.0619. The fourth-order valence-electron chi connectivity index (χ4n) is 2.31. The van der Waals surface area contributed by atoms with Gasteiger partial charge in [-0.1, -0.05) is 0 Å². The standard InChI is InChI=1S/C13H22N2O4S/c1-14-9-12-3-4-13(19-12)20(16,17)15(2)10-11-5-7-18-8-6-11/h3-4,11,14H,5-10H2,1-2H3. The van der Waals surface area contributed by atoms with Gasteiger partial charge in [0.15, 0.2) is 0 Å². The fraction of sp³-hybridized carbons (Fsp3) is 0.692. The zero-order chi connectivity index (χ0) is 14.6. The van der Waals surface area contributed by atoms with Gasteiger partial charge in [-0.25, -0.2) is 8.42 Å². The van der Waals surface area contributed by atoms with Crippen LogP contribution in [0, 0.1) is 5.92 Å². The monoisotopic (exact) mass is 302 g/mol. The maximum atomic E-state index is 12.4.